The Kier molecular flexibility index (Phi) is 8.03. The zero-order chi connectivity index (χ0) is 22.4. The van der Waals surface area contributed by atoms with E-state index in [0.29, 0.717) is 21.4 Å². The molecule has 2 aromatic rings. The summed E-state index contributed by atoms with van der Waals surface area (Å²) in [4.78, 5) is 45.6. The molecule has 0 saturated carbocycles. The summed E-state index contributed by atoms with van der Waals surface area (Å²) in [5.41, 5.74) is 1.00. The van der Waals surface area contributed by atoms with Gasteiger partial charge in [0, 0.05) is 24.5 Å². The van der Waals surface area contributed by atoms with Crippen LogP contribution in [0.5, 0.6) is 0 Å². The lowest BCUT2D eigenvalue weighted by atomic mass is 10.1. The highest BCUT2D eigenvalue weighted by atomic mass is 35.5. The largest absolute Gasteiger partial charge is 0.342 e. The van der Waals surface area contributed by atoms with Gasteiger partial charge in [-0.3, -0.25) is 14.4 Å². The van der Waals surface area contributed by atoms with E-state index in [9.17, 15) is 14.4 Å². The molecule has 0 aliphatic carbocycles. The van der Waals surface area contributed by atoms with Gasteiger partial charge in [-0.05, 0) is 45.2 Å². The Morgan fingerprint density at radius 3 is 2.58 bits per heavy atom. The SMILES string of the molecule is CC(C)N(CC(=O)Nc1nc(CC(=O)N2CCCCC2)cs1)C(=O)c1ccccc1Cl. The zero-order valence-corrected chi connectivity index (χ0v) is 19.3. The number of carbonyl (C=O) groups excluding carboxylic acids is 3. The topological polar surface area (TPSA) is 82.6 Å². The fraction of sp³-hybridized carbons (Fsp3) is 0.455. The lowest BCUT2D eigenvalue weighted by Crippen LogP contribution is -2.42. The van der Waals surface area contributed by atoms with E-state index in [2.05, 4.69) is 10.3 Å². The molecule has 3 amide bonds. The number of carbonyl (C=O) groups is 3. The molecule has 166 valence electrons. The molecular formula is C22H27ClN4O3S. The van der Waals surface area contributed by atoms with Gasteiger partial charge in [-0.1, -0.05) is 23.7 Å². The Balaban J connectivity index is 1.58. The molecule has 1 aliphatic rings. The molecule has 1 aromatic carbocycles. The van der Waals surface area contributed by atoms with Crippen LogP contribution in [0.2, 0.25) is 5.02 Å². The average Bonchev–Trinajstić information content (AvgIpc) is 3.18. The van der Waals surface area contributed by atoms with Crippen molar-refractivity contribution >= 4 is 45.8 Å². The first-order valence-corrected chi connectivity index (χ1v) is 11.7. The van der Waals surface area contributed by atoms with Crippen LogP contribution in [0.1, 0.15) is 49.2 Å². The molecular weight excluding hydrogens is 436 g/mol. The number of benzene rings is 1. The van der Waals surface area contributed by atoms with Gasteiger partial charge in [0.2, 0.25) is 11.8 Å². The highest BCUT2D eigenvalue weighted by molar-refractivity contribution is 7.13. The second kappa shape index (κ2) is 10.7. The van der Waals surface area contributed by atoms with Crippen molar-refractivity contribution in [3.63, 3.8) is 0 Å². The van der Waals surface area contributed by atoms with E-state index in [1.54, 1.807) is 29.6 Å². The van der Waals surface area contributed by atoms with Gasteiger partial charge in [0.1, 0.15) is 6.54 Å². The molecule has 1 N–H and O–H groups in total. The summed E-state index contributed by atoms with van der Waals surface area (Å²) in [6, 6.07) is 6.59. The third-order valence-electron chi connectivity index (χ3n) is 5.14. The number of anilines is 1. The van der Waals surface area contributed by atoms with Crippen LogP contribution in [-0.4, -0.2) is 58.2 Å². The number of halogens is 1. The van der Waals surface area contributed by atoms with Crippen molar-refractivity contribution in [3.8, 4) is 0 Å². The highest BCUT2D eigenvalue weighted by Gasteiger charge is 2.24. The number of amides is 3. The van der Waals surface area contributed by atoms with Crippen LogP contribution in [-0.2, 0) is 16.0 Å². The molecule has 1 saturated heterocycles. The van der Waals surface area contributed by atoms with Crippen molar-refractivity contribution in [2.24, 2.45) is 0 Å². The van der Waals surface area contributed by atoms with Crippen molar-refractivity contribution in [3.05, 3.63) is 45.9 Å². The Labute approximate surface area is 191 Å². The van der Waals surface area contributed by atoms with Crippen molar-refractivity contribution in [1.82, 2.24) is 14.8 Å². The quantitative estimate of drug-likeness (QED) is 0.677. The highest BCUT2D eigenvalue weighted by Crippen LogP contribution is 2.20. The van der Waals surface area contributed by atoms with E-state index in [1.807, 2.05) is 18.7 Å². The second-order valence-electron chi connectivity index (χ2n) is 7.82. The standard InChI is InChI=1S/C22H27ClN4O3S/c1-15(2)27(21(30)17-8-4-5-9-18(17)23)13-19(28)25-22-24-16(14-31-22)12-20(29)26-10-6-3-7-11-26/h4-5,8-9,14-15H,3,6-7,10-13H2,1-2H3,(H,24,25,28). The Morgan fingerprint density at radius 2 is 1.90 bits per heavy atom. The number of piperidine rings is 1. The molecule has 1 aromatic heterocycles. The molecule has 2 heterocycles. The fourth-order valence-electron chi connectivity index (χ4n) is 3.45. The number of rotatable bonds is 7. The maximum Gasteiger partial charge on any atom is 0.256 e. The summed E-state index contributed by atoms with van der Waals surface area (Å²) in [5.74, 6) is -0.584. The van der Waals surface area contributed by atoms with Crippen LogP contribution in [0.25, 0.3) is 0 Å². The van der Waals surface area contributed by atoms with Gasteiger partial charge in [0.25, 0.3) is 5.91 Å². The number of aromatic nitrogens is 1. The van der Waals surface area contributed by atoms with E-state index in [1.165, 1.54) is 22.7 Å². The molecule has 31 heavy (non-hydrogen) atoms. The zero-order valence-electron chi connectivity index (χ0n) is 17.8. The van der Waals surface area contributed by atoms with Crippen LogP contribution in [0, 0.1) is 0 Å². The molecule has 3 rings (SSSR count). The number of nitrogens with zero attached hydrogens (tertiary/aromatic N) is 3. The van der Waals surface area contributed by atoms with Crippen LogP contribution in [0.15, 0.2) is 29.6 Å². The molecule has 0 spiro atoms. The van der Waals surface area contributed by atoms with Crippen molar-refractivity contribution < 1.29 is 14.4 Å². The summed E-state index contributed by atoms with van der Waals surface area (Å²) in [7, 11) is 0. The average molecular weight is 463 g/mol. The Bertz CT molecular complexity index is 940. The van der Waals surface area contributed by atoms with Gasteiger partial charge in [0.15, 0.2) is 5.13 Å². The molecule has 1 aliphatic heterocycles. The minimum Gasteiger partial charge on any atom is -0.342 e. The van der Waals surface area contributed by atoms with Crippen LogP contribution >= 0.6 is 22.9 Å². The van der Waals surface area contributed by atoms with Gasteiger partial charge >= 0.3 is 0 Å². The predicted octanol–water partition coefficient (Wildman–Crippen LogP) is 3.84. The minimum atomic E-state index is -0.350. The van der Waals surface area contributed by atoms with Gasteiger partial charge in [-0.15, -0.1) is 11.3 Å². The molecule has 0 unspecified atom stereocenters. The molecule has 0 radical (unpaired) electrons. The van der Waals surface area contributed by atoms with E-state index in [0.717, 1.165) is 25.9 Å². The van der Waals surface area contributed by atoms with E-state index < -0.39 is 0 Å². The van der Waals surface area contributed by atoms with Crippen molar-refractivity contribution in [2.45, 2.75) is 45.6 Å². The third kappa shape index (κ3) is 6.27. The summed E-state index contributed by atoms with van der Waals surface area (Å²) in [5, 5.41) is 5.29. The lowest BCUT2D eigenvalue weighted by molar-refractivity contribution is -0.131. The smallest absolute Gasteiger partial charge is 0.256 e. The normalized spacial score (nSPS) is 13.9. The van der Waals surface area contributed by atoms with Crippen molar-refractivity contribution in [2.75, 3.05) is 25.0 Å². The van der Waals surface area contributed by atoms with Gasteiger partial charge in [-0.25, -0.2) is 4.98 Å². The first-order chi connectivity index (χ1) is 14.8. The maximum atomic E-state index is 12.9. The monoisotopic (exact) mass is 462 g/mol. The predicted molar refractivity (Wildman–Crippen MR) is 123 cm³/mol. The van der Waals surface area contributed by atoms with Crippen LogP contribution in [0.4, 0.5) is 5.13 Å². The van der Waals surface area contributed by atoms with Crippen LogP contribution in [0.3, 0.4) is 0 Å². The molecule has 1 fully saturated rings. The van der Waals surface area contributed by atoms with E-state index in [4.69, 9.17) is 11.6 Å². The number of hydrogen-bond donors (Lipinski definition) is 1. The van der Waals surface area contributed by atoms with Gasteiger partial charge < -0.3 is 15.1 Å². The van der Waals surface area contributed by atoms with Crippen LogP contribution < -0.4 is 5.32 Å². The number of likely N-dealkylation sites (tertiary alicyclic amines) is 1. The summed E-state index contributed by atoms with van der Waals surface area (Å²) >= 11 is 7.42. The fourth-order valence-corrected chi connectivity index (χ4v) is 4.39. The molecule has 0 bridgehead atoms. The summed E-state index contributed by atoms with van der Waals surface area (Å²) in [6.45, 7) is 5.17. The van der Waals surface area contributed by atoms with Gasteiger partial charge in [-0.2, -0.15) is 0 Å². The Morgan fingerprint density at radius 1 is 1.19 bits per heavy atom. The molecule has 7 nitrogen and oxygen atoms in total. The minimum absolute atomic E-state index is 0.0687. The second-order valence-corrected chi connectivity index (χ2v) is 9.08. The number of hydrogen-bond acceptors (Lipinski definition) is 5. The van der Waals surface area contributed by atoms with Crippen molar-refractivity contribution in [1.29, 1.82) is 0 Å². The van der Waals surface area contributed by atoms with E-state index >= 15 is 0 Å². The third-order valence-corrected chi connectivity index (χ3v) is 6.28. The first-order valence-electron chi connectivity index (χ1n) is 10.4. The summed E-state index contributed by atoms with van der Waals surface area (Å²) in [6.07, 6.45) is 3.49. The first kappa shape index (κ1) is 23.2. The number of thiazole rings is 1. The molecule has 0 atom stereocenters. The number of nitrogens with one attached hydrogen (secondary N) is 1. The summed E-state index contributed by atoms with van der Waals surface area (Å²) < 4.78 is 0. The lowest BCUT2D eigenvalue weighted by Gasteiger charge is -2.26. The van der Waals surface area contributed by atoms with E-state index in [-0.39, 0.29) is 36.7 Å². The van der Waals surface area contributed by atoms with Gasteiger partial charge in [0.05, 0.1) is 22.7 Å². The Hall–Kier alpha value is -2.45. The molecule has 9 heteroatoms. The maximum absolute atomic E-state index is 12.9.